The maximum absolute atomic E-state index is 11.0. The summed E-state index contributed by atoms with van der Waals surface area (Å²) in [5.74, 6) is -0.850. The number of pyridine rings is 1. The molecule has 0 aliphatic carbocycles. The molecular formula is C12H17N3O3. The van der Waals surface area contributed by atoms with Gasteiger partial charge in [0.25, 0.3) is 0 Å². The van der Waals surface area contributed by atoms with Crippen molar-refractivity contribution in [2.45, 2.75) is 25.4 Å². The molecule has 1 aromatic rings. The van der Waals surface area contributed by atoms with Crippen molar-refractivity contribution in [3.05, 3.63) is 23.5 Å². The van der Waals surface area contributed by atoms with Crippen molar-refractivity contribution in [2.24, 2.45) is 5.73 Å². The van der Waals surface area contributed by atoms with Crippen molar-refractivity contribution >= 4 is 5.97 Å². The van der Waals surface area contributed by atoms with Crippen LogP contribution < -0.4 is 5.73 Å². The van der Waals surface area contributed by atoms with Gasteiger partial charge >= 0.3 is 5.97 Å². The second-order valence-corrected chi connectivity index (χ2v) is 4.84. The van der Waals surface area contributed by atoms with E-state index in [2.05, 4.69) is 4.98 Å². The largest absolute Gasteiger partial charge is 0.506 e. The number of carboxylic acid groups (broad SMARTS) is 1. The van der Waals surface area contributed by atoms with Gasteiger partial charge in [0.05, 0.1) is 5.69 Å². The molecule has 2 rings (SSSR count). The summed E-state index contributed by atoms with van der Waals surface area (Å²) in [5.41, 5.74) is 5.99. The van der Waals surface area contributed by atoms with E-state index >= 15 is 0 Å². The van der Waals surface area contributed by atoms with Crippen molar-refractivity contribution in [1.29, 1.82) is 0 Å². The highest BCUT2D eigenvalue weighted by atomic mass is 16.4. The molecule has 6 nitrogen and oxygen atoms in total. The number of nitrogens with two attached hydrogens (primary N) is 1. The lowest BCUT2D eigenvalue weighted by Crippen LogP contribution is -2.50. The second kappa shape index (κ2) is 4.55. The predicted molar refractivity (Wildman–Crippen MR) is 65.1 cm³/mol. The number of aromatic hydroxyl groups is 1. The van der Waals surface area contributed by atoms with Gasteiger partial charge in [-0.2, -0.15) is 0 Å². The number of aryl methyl sites for hydroxylation is 1. The molecule has 1 fully saturated rings. The van der Waals surface area contributed by atoms with Crippen molar-refractivity contribution in [2.75, 3.05) is 13.1 Å². The molecular weight excluding hydrogens is 234 g/mol. The van der Waals surface area contributed by atoms with Gasteiger partial charge in [0, 0.05) is 25.3 Å². The first-order valence-corrected chi connectivity index (χ1v) is 5.81. The van der Waals surface area contributed by atoms with Crippen LogP contribution in [0.25, 0.3) is 0 Å². The summed E-state index contributed by atoms with van der Waals surface area (Å²) in [4.78, 5) is 17.2. The molecule has 1 aliphatic heterocycles. The number of aromatic nitrogens is 1. The smallest absolute Gasteiger partial charge is 0.325 e. The van der Waals surface area contributed by atoms with Crippen LogP contribution in [0.15, 0.2) is 12.1 Å². The minimum Gasteiger partial charge on any atom is -0.506 e. The van der Waals surface area contributed by atoms with E-state index in [1.807, 2.05) is 11.8 Å². The highest BCUT2D eigenvalue weighted by Gasteiger charge is 2.41. The molecule has 0 aromatic carbocycles. The van der Waals surface area contributed by atoms with Crippen LogP contribution in [0.2, 0.25) is 0 Å². The highest BCUT2D eigenvalue weighted by Crippen LogP contribution is 2.23. The summed E-state index contributed by atoms with van der Waals surface area (Å²) in [7, 11) is 0. The van der Waals surface area contributed by atoms with Crippen LogP contribution in [0.5, 0.6) is 5.75 Å². The first-order chi connectivity index (χ1) is 8.40. The third-order valence-electron chi connectivity index (χ3n) is 3.27. The number of likely N-dealkylation sites (tertiary alicyclic amines) is 1. The Morgan fingerprint density at radius 2 is 2.33 bits per heavy atom. The number of carboxylic acids is 1. The molecule has 6 heteroatoms. The van der Waals surface area contributed by atoms with Crippen LogP contribution in [-0.2, 0) is 11.3 Å². The van der Waals surface area contributed by atoms with Gasteiger partial charge in [0.1, 0.15) is 11.3 Å². The number of aliphatic carboxylic acids is 1. The van der Waals surface area contributed by atoms with Gasteiger partial charge in [-0.15, -0.1) is 0 Å². The summed E-state index contributed by atoms with van der Waals surface area (Å²) in [5, 5.41) is 18.7. The van der Waals surface area contributed by atoms with Gasteiger partial charge < -0.3 is 15.9 Å². The Labute approximate surface area is 105 Å². The van der Waals surface area contributed by atoms with Crippen molar-refractivity contribution in [3.8, 4) is 5.75 Å². The molecule has 1 saturated heterocycles. The van der Waals surface area contributed by atoms with Crippen LogP contribution >= 0.6 is 0 Å². The van der Waals surface area contributed by atoms with Crippen LogP contribution in [0.3, 0.4) is 0 Å². The predicted octanol–water partition coefficient (Wildman–Crippen LogP) is 0.0834. The SMILES string of the molecule is Cc1ccc(O)c(CN2CCC(N)(C(=O)O)C2)n1. The third-order valence-corrected chi connectivity index (χ3v) is 3.27. The first-order valence-electron chi connectivity index (χ1n) is 5.81. The maximum Gasteiger partial charge on any atom is 0.325 e. The molecule has 2 heterocycles. The Balaban J connectivity index is 2.08. The number of hydrogen-bond acceptors (Lipinski definition) is 5. The summed E-state index contributed by atoms with van der Waals surface area (Å²) in [6.45, 7) is 3.13. The zero-order chi connectivity index (χ0) is 13.3. The number of nitrogens with zero attached hydrogens (tertiary/aromatic N) is 2. The van der Waals surface area contributed by atoms with Crippen molar-refractivity contribution in [1.82, 2.24) is 9.88 Å². The average molecular weight is 251 g/mol. The molecule has 1 atom stereocenters. The van der Waals surface area contributed by atoms with Crippen molar-refractivity contribution < 1.29 is 15.0 Å². The fraction of sp³-hybridized carbons (Fsp3) is 0.500. The Bertz CT molecular complexity index is 478. The van der Waals surface area contributed by atoms with Crippen LogP contribution in [0.1, 0.15) is 17.8 Å². The molecule has 0 saturated carbocycles. The molecule has 18 heavy (non-hydrogen) atoms. The Morgan fingerprint density at radius 1 is 1.61 bits per heavy atom. The van der Waals surface area contributed by atoms with E-state index in [4.69, 9.17) is 10.8 Å². The lowest BCUT2D eigenvalue weighted by atomic mass is 10.0. The summed E-state index contributed by atoms with van der Waals surface area (Å²) >= 11 is 0. The topological polar surface area (TPSA) is 99.7 Å². The fourth-order valence-corrected chi connectivity index (χ4v) is 2.16. The van der Waals surface area contributed by atoms with E-state index in [0.717, 1.165) is 5.69 Å². The highest BCUT2D eigenvalue weighted by molar-refractivity contribution is 5.79. The molecule has 1 unspecified atom stereocenters. The number of rotatable bonds is 3. The molecule has 0 bridgehead atoms. The van der Waals surface area contributed by atoms with Gasteiger partial charge in [-0.1, -0.05) is 0 Å². The van der Waals surface area contributed by atoms with E-state index < -0.39 is 11.5 Å². The van der Waals surface area contributed by atoms with Crippen LogP contribution in [0.4, 0.5) is 0 Å². The number of carbonyl (C=O) groups is 1. The van der Waals surface area contributed by atoms with E-state index in [1.54, 1.807) is 12.1 Å². The van der Waals surface area contributed by atoms with Gasteiger partial charge in [-0.3, -0.25) is 14.7 Å². The number of hydrogen-bond donors (Lipinski definition) is 3. The molecule has 1 aromatic heterocycles. The Morgan fingerprint density at radius 3 is 2.94 bits per heavy atom. The first kappa shape index (κ1) is 12.8. The normalized spacial score (nSPS) is 24.3. The van der Waals surface area contributed by atoms with Crippen molar-refractivity contribution in [3.63, 3.8) is 0 Å². The summed E-state index contributed by atoms with van der Waals surface area (Å²) < 4.78 is 0. The fourth-order valence-electron chi connectivity index (χ4n) is 2.16. The third kappa shape index (κ3) is 2.44. The standard InChI is InChI=1S/C12H17N3O3/c1-8-2-3-10(16)9(14-8)6-15-5-4-12(13,7-15)11(17)18/h2-3,16H,4-7,13H2,1H3,(H,17,18). The maximum atomic E-state index is 11.0. The summed E-state index contributed by atoms with van der Waals surface area (Å²) in [6.07, 6.45) is 0.412. The van der Waals surface area contributed by atoms with Gasteiger partial charge in [0.15, 0.2) is 0 Å². The van der Waals surface area contributed by atoms with Crippen LogP contribution in [0, 0.1) is 6.92 Å². The Hall–Kier alpha value is -1.66. The monoisotopic (exact) mass is 251 g/mol. The molecule has 0 radical (unpaired) electrons. The van der Waals surface area contributed by atoms with E-state index in [1.165, 1.54) is 0 Å². The molecule has 1 aliphatic rings. The lowest BCUT2D eigenvalue weighted by molar-refractivity contribution is -0.142. The average Bonchev–Trinajstić information content (AvgIpc) is 2.67. The van der Waals surface area contributed by atoms with E-state index in [-0.39, 0.29) is 12.3 Å². The zero-order valence-electron chi connectivity index (χ0n) is 10.3. The van der Waals surface area contributed by atoms with E-state index in [0.29, 0.717) is 25.2 Å². The second-order valence-electron chi connectivity index (χ2n) is 4.84. The Kier molecular flexibility index (Phi) is 3.23. The minimum absolute atomic E-state index is 0.130. The molecule has 98 valence electrons. The molecule has 0 spiro atoms. The quantitative estimate of drug-likeness (QED) is 0.703. The summed E-state index contributed by atoms with van der Waals surface area (Å²) in [6, 6.07) is 3.33. The molecule has 4 N–H and O–H groups in total. The van der Waals surface area contributed by atoms with Gasteiger partial charge in [0.2, 0.25) is 0 Å². The lowest BCUT2D eigenvalue weighted by Gasteiger charge is -2.20. The molecule has 0 amide bonds. The van der Waals surface area contributed by atoms with Gasteiger partial charge in [-0.05, 0) is 25.5 Å². The van der Waals surface area contributed by atoms with Crippen LogP contribution in [-0.4, -0.2) is 44.7 Å². The zero-order valence-corrected chi connectivity index (χ0v) is 10.3. The van der Waals surface area contributed by atoms with Gasteiger partial charge in [-0.25, -0.2) is 0 Å². The van der Waals surface area contributed by atoms with E-state index in [9.17, 15) is 9.90 Å². The minimum atomic E-state index is -1.18.